The molecule has 18 heavy (non-hydrogen) atoms. The van der Waals surface area contributed by atoms with E-state index < -0.39 is 0 Å². The average molecular weight is 241 g/mol. The third-order valence-corrected chi connectivity index (χ3v) is 2.76. The molecular formula is C17H23N. The van der Waals surface area contributed by atoms with Gasteiger partial charge in [-0.15, -0.1) is 0 Å². The van der Waals surface area contributed by atoms with Gasteiger partial charge in [0.05, 0.1) is 0 Å². The van der Waals surface area contributed by atoms with E-state index in [0.29, 0.717) is 0 Å². The predicted octanol–water partition coefficient (Wildman–Crippen LogP) is 5.22. The monoisotopic (exact) mass is 241 g/mol. The summed E-state index contributed by atoms with van der Waals surface area (Å²) in [4.78, 5) is 0. The van der Waals surface area contributed by atoms with Gasteiger partial charge in [-0.2, -0.15) is 0 Å². The van der Waals surface area contributed by atoms with Crippen molar-refractivity contribution in [3.63, 3.8) is 0 Å². The van der Waals surface area contributed by atoms with Crippen molar-refractivity contribution in [3.05, 3.63) is 64.9 Å². The highest BCUT2D eigenvalue weighted by molar-refractivity contribution is 5.57. The van der Waals surface area contributed by atoms with Crippen molar-refractivity contribution in [1.82, 2.24) is 0 Å². The number of allylic oxidation sites excluding steroid dienone is 5. The Morgan fingerprint density at radius 1 is 1.11 bits per heavy atom. The molecule has 1 N–H and O–H groups in total. The molecule has 1 heteroatoms. The Bertz CT molecular complexity index is 500. The zero-order valence-corrected chi connectivity index (χ0v) is 12.1. The summed E-state index contributed by atoms with van der Waals surface area (Å²) in [6.45, 7) is 14.5. The first kappa shape index (κ1) is 14.3. The van der Waals surface area contributed by atoms with Crippen LogP contribution in [-0.4, -0.2) is 0 Å². The maximum absolute atomic E-state index is 4.05. The van der Waals surface area contributed by atoms with Gasteiger partial charge in [0.1, 0.15) is 0 Å². The Balaban J connectivity index is 3.11. The smallest absolute Gasteiger partial charge is 0.0411 e. The minimum absolute atomic E-state index is 1.08. The zero-order valence-electron chi connectivity index (χ0n) is 12.1. The van der Waals surface area contributed by atoms with E-state index in [1.807, 2.05) is 13.0 Å². The third-order valence-electron chi connectivity index (χ3n) is 2.76. The highest BCUT2D eigenvalue weighted by atomic mass is 14.9. The Hall–Kier alpha value is -1.76. The van der Waals surface area contributed by atoms with Crippen LogP contribution in [0.3, 0.4) is 0 Å². The van der Waals surface area contributed by atoms with Gasteiger partial charge in [-0.3, -0.25) is 0 Å². The average Bonchev–Trinajstić information content (AvgIpc) is 2.28. The Morgan fingerprint density at radius 3 is 2.22 bits per heavy atom. The van der Waals surface area contributed by atoms with Crippen LogP contribution in [0, 0.1) is 6.92 Å². The van der Waals surface area contributed by atoms with E-state index in [-0.39, 0.29) is 0 Å². The zero-order chi connectivity index (χ0) is 13.7. The lowest BCUT2D eigenvalue weighted by Crippen LogP contribution is -2.01. The van der Waals surface area contributed by atoms with Gasteiger partial charge in [-0.05, 0) is 57.4 Å². The first-order valence-corrected chi connectivity index (χ1v) is 6.26. The largest absolute Gasteiger partial charge is 0.358 e. The molecule has 0 fully saturated rings. The number of hydrogen-bond donors (Lipinski definition) is 1. The van der Waals surface area contributed by atoms with E-state index in [2.05, 4.69) is 63.9 Å². The van der Waals surface area contributed by atoms with Crippen LogP contribution >= 0.6 is 0 Å². The lowest BCUT2D eigenvalue weighted by atomic mass is 10.0. The molecule has 1 rings (SSSR count). The second-order valence-corrected chi connectivity index (χ2v) is 4.98. The second-order valence-electron chi connectivity index (χ2n) is 4.98. The molecule has 0 bridgehead atoms. The number of hydrogen-bond acceptors (Lipinski definition) is 1. The number of nitrogens with one attached hydrogen (secondary N) is 1. The van der Waals surface area contributed by atoms with Gasteiger partial charge in [0.15, 0.2) is 0 Å². The molecule has 0 aromatic heterocycles. The number of para-hydroxylation sites is 1. The SMILES string of the molecule is C=C(C)/C(C=C(C)C)=C(/C)Nc1ccccc1C. The van der Waals surface area contributed by atoms with Crippen molar-refractivity contribution in [2.45, 2.75) is 34.6 Å². The fourth-order valence-electron chi connectivity index (χ4n) is 1.82. The lowest BCUT2D eigenvalue weighted by Gasteiger charge is -2.14. The molecule has 0 spiro atoms. The van der Waals surface area contributed by atoms with Crippen molar-refractivity contribution in [3.8, 4) is 0 Å². The van der Waals surface area contributed by atoms with Gasteiger partial charge in [-0.25, -0.2) is 0 Å². The van der Waals surface area contributed by atoms with Crippen LogP contribution in [0.4, 0.5) is 5.69 Å². The lowest BCUT2D eigenvalue weighted by molar-refractivity contribution is 1.25. The molecule has 0 aliphatic heterocycles. The Labute approximate surface area is 111 Å². The van der Waals surface area contributed by atoms with Crippen molar-refractivity contribution in [2.75, 3.05) is 5.32 Å². The van der Waals surface area contributed by atoms with Crippen molar-refractivity contribution in [1.29, 1.82) is 0 Å². The molecule has 1 nitrogen and oxygen atoms in total. The normalized spacial score (nSPS) is 11.6. The summed E-state index contributed by atoms with van der Waals surface area (Å²) in [5.74, 6) is 0. The highest BCUT2D eigenvalue weighted by Gasteiger charge is 2.03. The predicted molar refractivity (Wildman–Crippen MR) is 81.7 cm³/mol. The summed E-state index contributed by atoms with van der Waals surface area (Å²) in [7, 11) is 0. The van der Waals surface area contributed by atoms with Crippen LogP contribution in [0.5, 0.6) is 0 Å². The van der Waals surface area contributed by atoms with Crippen molar-refractivity contribution >= 4 is 5.69 Å². The molecule has 0 heterocycles. The van der Waals surface area contributed by atoms with Gasteiger partial charge >= 0.3 is 0 Å². The molecule has 1 aromatic carbocycles. The van der Waals surface area contributed by atoms with Crippen LogP contribution < -0.4 is 5.32 Å². The van der Waals surface area contributed by atoms with Crippen LogP contribution in [0.2, 0.25) is 0 Å². The molecule has 0 saturated carbocycles. The Morgan fingerprint density at radius 2 is 1.72 bits per heavy atom. The summed E-state index contributed by atoms with van der Waals surface area (Å²) in [6.07, 6.45) is 2.17. The number of anilines is 1. The number of aryl methyl sites for hydroxylation is 1. The van der Waals surface area contributed by atoms with Gasteiger partial charge in [0.2, 0.25) is 0 Å². The summed E-state index contributed by atoms with van der Waals surface area (Å²) >= 11 is 0. The van der Waals surface area contributed by atoms with Crippen molar-refractivity contribution in [2.24, 2.45) is 0 Å². The molecule has 0 aliphatic carbocycles. The second kappa shape index (κ2) is 6.25. The number of rotatable bonds is 4. The van der Waals surface area contributed by atoms with E-state index in [1.54, 1.807) is 0 Å². The Kier molecular flexibility index (Phi) is 4.96. The maximum Gasteiger partial charge on any atom is 0.0411 e. The quantitative estimate of drug-likeness (QED) is 0.712. The molecule has 0 aliphatic rings. The molecule has 0 saturated heterocycles. The highest BCUT2D eigenvalue weighted by Crippen LogP contribution is 2.21. The van der Waals surface area contributed by atoms with Gasteiger partial charge in [0.25, 0.3) is 0 Å². The van der Waals surface area contributed by atoms with E-state index in [4.69, 9.17) is 0 Å². The minimum Gasteiger partial charge on any atom is -0.358 e. The summed E-state index contributed by atoms with van der Waals surface area (Å²) in [6, 6.07) is 8.30. The first-order valence-electron chi connectivity index (χ1n) is 6.26. The third kappa shape index (κ3) is 3.92. The molecule has 1 aromatic rings. The van der Waals surface area contributed by atoms with Gasteiger partial charge < -0.3 is 5.32 Å². The van der Waals surface area contributed by atoms with E-state index in [9.17, 15) is 0 Å². The molecule has 96 valence electrons. The van der Waals surface area contributed by atoms with Crippen LogP contribution in [0.25, 0.3) is 0 Å². The molecule has 0 amide bonds. The van der Waals surface area contributed by atoms with Crippen LogP contribution in [-0.2, 0) is 0 Å². The van der Waals surface area contributed by atoms with Crippen LogP contribution in [0.15, 0.2) is 59.3 Å². The van der Waals surface area contributed by atoms with E-state index >= 15 is 0 Å². The fraction of sp³-hybridized carbons (Fsp3) is 0.294. The van der Waals surface area contributed by atoms with Crippen LogP contribution in [0.1, 0.15) is 33.3 Å². The topological polar surface area (TPSA) is 12.0 Å². The van der Waals surface area contributed by atoms with Gasteiger partial charge in [-0.1, -0.05) is 36.4 Å². The molecule has 0 atom stereocenters. The standard InChI is InChI=1S/C17H23N/c1-12(2)11-16(13(3)4)15(6)18-17-10-8-7-9-14(17)5/h7-11,18H,3H2,1-2,4-6H3/b16-15-. The summed E-state index contributed by atoms with van der Waals surface area (Å²) < 4.78 is 0. The molecule has 0 unspecified atom stereocenters. The van der Waals surface area contributed by atoms with E-state index in [1.165, 1.54) is 16.7 Å². The van der Waals surface area contributed by atoms with E-state index in [0.717, 1.165) is 17.0 Å². The minimum atomic E-state index is 1.08. The summed E-state index contributed by atoms with van der Waals surface area (Å²) in [5, 5.41) is 3.47. The summed E-state index contributed by atoms with van der Waals surface area (Å²) in [5.41, 5.74) is 7.07. The molecular weight excluding hydrogens is 218 g/mol. The fourth-order valence-corrected chi connectivity index (χ4v) is 1.82. The maximum atomic E-state index is 4.05. The first-order chi connectivity index (χ1) is 8.41. The van der Waals surface area contributed by atoms with Crippen molar-refractivity contribution < 1.29 is 0 Å². The molecule has 0 radical (unpaired) electrons. The van der Waals surface area contributed by atoms with Gasteiger partial charge in [0, 0.05) is 11.4 Å². The number of benzene rings is 1.